The van der Waals surface area contributed by atoms with Crippen molar-refractivity contribution in [2.75, 3.05) is 0 Å². The Bertz CT molecular complexity index is 1650. The minimum absolute atomic E-state index is 0.00441. The average Bonchev–Trinajstić information content (AvgIpc) is 3.18. The van der Waals surface area contributed by atoms with Crippen LogP contribution in [0.5, 0.6) is 0 Å². The van der Waals surface area contributed by atoms with E-state index in [4.69, 9.17) is 18.9 Å². The summed E-state index contributed by atoms with van der Waals surface area (Å²) in [5.41, 5.74) is 0.763. The van der Waals surface area contributed by atoms with Crippen molar-refractivity contribution in [3.63, 3.8) is 0 Å². The first-order valence-corrected chi connectivity index (χ1v) is 21.5. The molecule has 4 amide bonds. The number of rotatable bonds is 25. The maximum Gasteiger partial charge on any atom is 0.329 e. The SMILES string of the molecule is CC(C)C[C@@H](OC(=O)[C@@H](NC(=O)[C@@H](O)C(C)C)C(C)C)C(=O)N[C@H](C)C(=O)O[C@H](C(=O)N[C@H](C(=O)O[C@H](CC(C)C)C(=O)N[C@H](C)C(=O)OCc1ccccc1)C(C)C)C(C)C. The first kappa shape index (κ1) is 55.0. The van der Waals surface area contributed by atoms with E-state index in [0.717, 1.165) is 5.56 Å². The van der Waals surface area contributed by atoms with Crippen LogP contribution in [0, 0.1) is 35.5 Å². The van der Waals surface area contributed by atoms with Crippen LogP contribution in [0.1, 0.15) is 115 Å². The van der Waals surface area contributed by atoms with E-state index < -0.39 is 120 Å². The second-order valence-corrected chi connectivity index (χ2v) is 17.9. The van der Waals surface area contributed by atoms with Gasteiger partial charge in [0, 0.05) is 0 Å². The van der Waals surface area contributed by atoms with Gasteiger partial charge in [0.2, 0.25) is 5.91 Å². The first-order chi connectivity index (χ1) is 28.8. The van der Waals surface area contributed by atoms with Crippen molar-refractivity contribution < 1.29 is 62.4 Å². The Balaban J connectivity index is 3.07. The molecule has 0 heterocycles. The lowest BCUT2D eigenvalue weighted by Gasteiger charge is -2.29. The highest BCUT2D eigenvalue weighted by atomic mass is 16.6. The maximum atomic E-state index is 13.7. The third-order valence-electron chi connectivity index (χ3n) is 9.57. The molecule has 0 spiro atoms. The van der Waals surface area contributed by atoms with E-state index in [1.807, 2.05) is 19.9 Å². The van der Waals surface area contributed by atoms with Crippen LogP contribution in [-0.2, 0) is 63.9 Å². The second-order valence-electron chi connectivity index (χ2n) is 17.9. The van der Waals surface area contributed by atoms with Gasteiger partial charge in [0.1, 0.15) is 36.9 Å². The molecule has 8 atom stereocenters. The number of amides is 4. The van der Waals surface area contributed by atoms with E-state index in [2.05, 4.69) is 21.3 Å². The van der Waals surface area contributed by atoms with Crippen LogP contribution in [0.3, 0.4) is 0 Å². The van der Waals surface area contributed by atoms with Crippen molar-refractivity contribution in [3.8, 4) is 0 Å². The van der Waals surface area contributed by atoms with Gasteiger partial charge in [-0.2, -0.15) is 0 Å². The topological polar surface area (TPSA) is 242 Å². The molecule has 5 N–H and O–H groups in total. The number of carbonyl (C=O) groups is 8. The maximum absolute atomic E-state index is 13.7. The zero-order valence-corrected chi connectivity index (χ0v) is 38.9. The number of nitrogens with one attached hydrogen (secondary N) is 4. The zero-order valence-electron chi connectivity index (χ0n) is 38.9. The Kier molecular flexibility index (Phi) is 23.4. The van der Waals surface area contributed by atoms with Gasteiger partial charge in [0.25, 0.3) is 17.7 Å². The monoisotopic (exact) mass is 877 g/mol. The molecule has 1 rings (SSSR count). The van der Waals surface area contributed by atoms with Crippen molar-refractivity contribution in [1.29, 1.82) is 0 Å². The number of aliphatic hydroxyl groups is 1. The lowest BCUT2D eigenvalue weighted by molar-refractivity contribution is -0.166. The van der Waals surface area contributed by atoms with Gasteiger partial charge in [-0.3, -0.25) is 19.2 Å². The van der Waals surface area contributed by atoms with Gasteiger partial charge in [0.15, 0.2) is 18.3 Å². The summed E-state index contributed by atoms with van der Waals surface area (Å²) in [7, 11) is 0. The van der Waals surface area contributed by atoms with Crippen molar-refractivity contribution in [2.45, 2.75) is 165 Å². The number of hydrogen-bond donors (Lipinski definition) is 5. The summed E-state index contributed by atoms with van der Waals surface area (Å²) < 4.78 is 22.1. The highest BCUT2D eigenvalue weighted by Crippen LogP contribution is 2.17. The van der Waals surface area contributed by atoms with Crippen molar-refractivity contribution >= 4 is 47.5 Å². The average molecular weight is 877 g/mol. The Morgan fingerprint density at radius 3 is 1.29 bits per heavy atom. The van der Waals surface area contributed by atoms with E-state index in [1.54, 1.807) is 93.5 Å². The zero-order chi connectivity index (χ0) is 47.6. The molecule has 0 bridgehead atoms. The van der Waals surface area contributed by atoms with Crippen LogP contribution in [-0.4, -0.2) is 101 Å². The molecule has 17 heteroatoms. The van der Waals surface area contributed by atoms with Crippen LogP contribution in [0.2, 0.25) is 0 Å². The summed E-state index contributed by atoms with van der Waals surface area (Å²) in [6, 6.07) is 4.15. The quantitative estimate of drug-likeness (QED) is 0.0699. The fourth-order valence-corrected chi connectivity index (χ4v) is 5.78. The van der Waals surface area contributed by atoms with Crippen molar-refractivity contribution in [2.24, 2.45) is 35.5 Å². The van der Waals surface area contributed by atoms with E-state index in [9.17, 15) is 43.5 Å². The fourth-order valence-electron chi connectivity index (χ4n) is 5.78. The summed E-state index contributed by atoms with van der Waals surface area (Å²) in [6.45, 7) is 23.1. The molecular weight excluding hydrogens is 805 g/mol. The molecule has 350 valence electrons. The number of carbonyl (C=O) groups excluding carboxylic acids is 8. The number of esters is 4. The normalized spacial score (nSPS) is 15.4. The van der Waals surface area contributed by atoms with Gasteiger partial charge in [0.05, 0.1) is 0 Å². The molecular formula is C45H72N4O13. The van der Waals surface area contributed by atoms with Gasteiger partial charge < -0.3 is 45.3 Å². The Labute approximate surface area is 366 Å². The van der Waals surface area contributed by atoms with Gasteiger partial charge in [-0.05, 0) is 67.8 Å². The van der Waals surface area contributed by atoms with Crippen LogP contribution < -0.4 is 21.3 Å². The molecule has 62 heavy (non-hydrogen) atoms. The Hall–Kier alpha value is -5.06. The molecule has 0 aliphatic carbocycles. The van der Waals surface area contributed by atoms with E-state index in [1.165, 1.54) is 13.8 Å². The number of hydrogen-bond acceptors (Lipinski definition) is 13. The molecule has 0 aliphatic heterocycles. The minimum Gasteiger partial charge on any atom is -0.459 e. The van der Waals surface area contributed by atoms with Gasteiger partial charge >= 0.3 is 23.9 Å². The third kappa shape index (κ3) is 18.9. The molecule has 0 radical (unpaired) electrons. The molecule has 0 aromatic heterocycles. The summed E-state index contributed by atoms with van der Waals surface area (Å²) in [6.07, 6.45) is -5.32. The number of aliphatic hydroxyl groups excluding tert-OH is 1. The highest BCUT2D eigenvalue weighted by molar-refractivity contribution is 5.93. The standard InChI is InChI=1S/C45H72N4O13/c1-23(2)20-32(38(51)46-29(13)42(55)59-22-31-18-16-15-17-19-31)61-45(58)35(26(7)8)49-41(54)37(28(11)12)62-43(56)30(14)47-39(52)33(21-24(3)4)60-44(57)34(25(5)6)48-40(53)36(50)27(9)10/h15-19,23-30,32-37,50H,20-22H2,1-14H3,(H,46,51)(H,47,52)(H,48,53)(H,49,54)/t29-,30-,32-,33-,34+,35+,36+,37+/m1/s1. The smallest absolute Gasteiger partial charge is 0.329 e. The van der Waals surface area contributed by atoms with Crippen LogP contribution in [0.15, 0.2) is 30.3 Å². The summed E-state index contributed by atoms with van der Waals surface area (Å²) in [5, 5.41) is 20.3. The lowest BCUT2D eigenvalue weighted by atomic mass is 10.0. The van der Waals surface area contributed by atoms with Gasteiger partial charge in [-0.15, -0.1) is 0 Å². The largest absolute Gasteiger partial charge is 0.459 e. The second kappa shape index (κ2) is 26.4. The van der Waals surface area contributed by atoms with Crippen LogP contribution >= 0.6 is 0 Å². The number of ether oxygens (including phenoxy) is 4. The minimum atomic E-state index is -1.44. The summed E-state index contributed by atoms with van der Waals surface area (Å²) in [5.74, 6) is -8.95. The van der Waals surface area contributed by atoms with E-state index in [0.29, 0.717) is 0 Å². The molecule has 0 saturated heterocycles. The van der Waals surface area contributed by atoms with Gasteiger partial charge in [-0.25, -0.2) is 19.2 Å². The molecule has 0 unspecified atom stereocenters. The highest BCUT2D eigenvalue weighted by Gasteiger charge is 2.38. The van der Waals surface area contributed by atoms with Crippen LogP contribution in [0.4, 0.5) is 0 Å². The third-order valence-corrected chi connectivity index (χ3v) is 9.57. The molecule has 17 nitrogen and oxygen atoms in total. The van der Waals surface area contributed by atoms with Crippen LogP contribution in [0.25, 0.3) is 0 Å². The first-order valence-electron chi connectivity index (χ1n) is 21.5. The molecule has 0 saturated carbocycles. The predicted molar refractivity (Wildman–Crippen MR) is 229 cm³/mol. The van der Waals surface area contributed by atoms with Crippen molar-refractivity contribution in [3.05, 3.63) is 35.9 Å². The van der Waals surface area contributed by atoms with E-state index >= 15 is 0 Å². The molecule has 0 aliphatic rings. The fraction of sp³-hybridized carbons (Fsp3) is 0.689. The molecule has 0 fully saturated rings. The lowest BCUT2D eigenvalue weighted by Crippen LogP contribution is -2.54. The summed E-state index contributed by atoms with van der Waals surface area (Å²) in [4.78, 5) is 106. The van der Waals surface area contributed by atoms with Gasteiger partial charge in [-0.1, -0.05) is 113 Å². The Morgan fingerprint density at radius 1 is 0.484 bits per heavy atom. The predicted octanol–water partition coefficient (Wildman–Crippen LogP) is 3.52. The molecule has 1 aromatic carbocycles. The Morgan fingerprint density at radius 2 is 0.903 bits per heavy atom. The summed E-state index contributed by atoms with van der Waals surface area (Å²) >= 11 is 0. The number of benzene rings is 1. The molecule has 1 aromatic rings. The van der Waals surface area contributed by atoms with E-state index in [-0.39, 0.29) is 31.3 Å². The van der Waals surface area contributed by atoms with Crippen molar-refractivity contribution in [1.82, 2.24) is 21.3 Å².